The van der Waals surface area contributed by atoms with E-state index in [2.05, 4.69) is 9.47 Å². The summed E-state index contributed by atoms with van der Waals surface area (Å²) in [5, 5.41) is 20.3. The van der Waals surface area contributed by atoms with Crippen LogP contribution in [0.15, 0.2) is 12.1 Å². The Bertz CT molecular complexity index is 523. The van der Waals surface area contributed by atoms with Gasteiger partial charge in [-0.1, -0.05) is 0 Å². The molecule has 1 aromatic carbocycles. The predicted octanol–water partition coefficient (Wildman–Crippen LogP) is 0.874. The Balaban J connectivity index is 3.65. The minimum absolute atomic E-state index is 0.599. The van der Waals surface area contributed by atoms with E-state index in [-0.39, 0.29) is 0 Å². The van der Waals surface area contributed by atoms with Crippen molar-refractivity contribution in [3.05, 3.63) is 33.4 Å². The second-order valence-electron chi connectivity index (χ2n) is 3.09. The van der Waals surface area contributed by atoms with Crippen LogP contribution < -0.4 is 0 Å². The predicted molar refractivity (Wildman–Crippen MR) is 57.4 cm³/mol. The quantitative estimate of drug-likeness (QED) is 0.484. The molecule has 0 bridgehead atoms. The zero-order valence-corrected chi connectivity index (χ0v) is 9.50. The second-order valence-corrected chi connectivity index (χ2v) is 3.09. The molecule has 0 amide bonds. The van der Waals surface area contributed by atoms with Crippen molar-refractivity contribution in [3.63, 3.8) is 0 Å². The maximum absolute atomic E-state index is 11.5. The van der Waals surface area contributed by atoms with Crippen LogP contribution in [-0.4, -0.2) is 36.2 Å². The average Bonchev–Trinajstić information content (AvgIpc) is 2.36. The third kappa shape index (κ3) is 2.21. The molecule has 0 radical (unpaired) electrons. The fraction of sp³-hybridized carbons (Fsp3) is 0.200. The number of carbonyl (C=O) groups is 2. The molecule has 0 spiro atoms. The van der Waals surface area contributed by atoms with Gasteiger partial charge in [0, 0.05) is 6.07 Å². The van der Waals surface area contributed by atoms with E-state index in [0.29, 0.717) is 0 Å². The van der Waals surface area contributed by atoms with Crippen molar-refractivity contribution in [2.45, 2.75) is 0 Å². The number of hydrogen-bond donors (Lipinski definition) is 1. The van der Waals surface area contributed by atoms with E-state index in [0.717, 1.165) is 26.4 Å². The number of nitro benzene ring substituents is 1. The maximum atomic E-state index is 11.5. The summed E-state index contributed by atoms with van der Waals surface area (Å²) < 4.78 is 8.71. The van der Waals surface area contributed by atoms with Gasteiger partial charge in [-0.3, -0.25) is 10.1 Å². The first kappa shape index (κ1) is 13.4. The van der Waals surface area contributed by atoms with Crippen LogP contribution in [-0.2, 0) is 9.47 Å². The highest BCUT2D eigenvalue weighted by Crippen LogP contribution is 2.30. The smallest absolute Gasteiger partial charge is 0.345 e. The van der Waals surface area contributed by atoms with Gasteiger partial charge in [-0.2, -0.15) is 0 Å². The number of rotatable bonds is 3. The number of nitro groups is 1. The van der Waals surface area contributed by atoms with Crippen LogP contribution in [0.2, 0.25) is 0 Å². The van der Waals surface area contributed by atoms with E-state index in [1.54, 1.807) is 0 Å². The number of carbonyl (C=O) groups excluding carboxylic acids is 2. The molecule has 0 saturated carbocycles. The van der Waals surface area contributed by atoms with Crippen molar-refractivity contribution < 1.29 is 29.1 Å². The Morgan fingerprint density at radius 1 is 1.17 bits per heavy atom. The van der Waals surface area contributed by atoms with Gasteiger partial charge in [0.1, 0.15) is 11.3 Å². The third-order valence-electron chi connectivity index (χ3n) is 2.14. The zero-order chi connectivity index (χ0) is 13.9. The van der Waals surface area contributed by atoms with E-state index >= 15 is 0 Å². The summed E-state index contributed by atoms with van der Waals surface area (Å²) in [6.07, 6.45) is 0. The molecule has 8 heteroatoms. The van der Waals surface area contributed by atoms with E-state index < -0.39 is 39.4 Å². The summed E-state index contributed by atoms with van der Waals surface area (Å²) >= 11 is 0. The van der Waals surface area contributed by atoms with E-state index in [1.165, 1.54) is 0 Å². The van der Waals surface area contributed by atoms with Crippen LogP contribution in [0.4, 0.5) is 5.69 Å². The lowest BCUT2D eigenvalue weighted by Gasteiger charge is -2.08. The number of benzene rings is 1. The maximum Gasteiger partial charge on any atom is 0.345 e. The molecule has 0 atom stereocenters. The summed E-state index contributed by atoms with van der Waals surface area (Å²) in [4.78, 5) is 32.8. The number of phenolic OH excluding ortho intramolecular Hbond substituents is 1. The first-order valence-electron chi connectivity index (χ1n) is 4.61. The largest absolute Gasteiger partial charge is 0.507 e. The highest BCUT2D eigenvalue weighted by molar-refractivity contribution is 6.07. The van der Waals surface area contributed by atoms with Crippen molar-refractivity contribution in [1.82, 2.24) is 0 Å². The summed E-state index contributed by atoms with van der Waals surface area (Å²) in [6.45, 7) is 0. The lowest BCUT2D eigenvalue weighted by Crippen LogP contribution is -2.14. The van der Waals surface area contributed by atoms with Crippen molar-refractivity contribution in [2.75, 3.05) is 14.2 Å². The molecule has 1 N–H and O–H groups in total. The molecule has 0 heterocycles. The van der Waals surface area contributed by atoms with Gasteiger partial charge in [-0.15, -0.1) is 0 Å². The van der Waals surface area contributed by atoms with Gasteiger partial charge in [0.15, 0.2) is 5.56 Å². The molecule has 0 aliphatic heterocycles. The number of ether oxygens (including phenoxy) is 2. The Labute approximate surface area is 101 Å². The van der Waals surface area contributed by atoms with Gasteiger partial charge in [0.2, 0.25) is 0 Å². The summed E-state index contributed by atoms with van der Waals surface area (Å²) in [5.74, 6) is -2.79. The van der Waals surface area contributed by atoms with Gasteiger partial charge in [-0.25, -0.2) is 9.59 Å². The van der Waals surface area contributed by atoms with Crippen molar-refractivity contribution >= 4 is 17.6 Å². The van der Waals surface area contributed by atoms with Crippen molar-refractivity contribution in [3.8, 4) is 5.75 Å². The molecule has 96 valence electrons. The highest BCUT2D eigenvalue weighted by atomic mass is 16.6. The molecule has 0 aliphatic rings. The SMILES string of the molecule is COC(=O)c1c(O)ccc([N+](=O)[O-])c1C(=O)OC. The second kappa shape index (κ2) is 5.13. The van der Waals surface area contributed by atoms with Gasteiger partial charge in [0.05, 0.1) is 19.1 Å². The number of nitrogens with zero attached hydrogens (tertiary/aromatic N) is 1. The number of aromatic hydroxyl groups is 1. The number of methoxy groups -OCH3 is 2. The molecule has 18 heavy (non-hydrogen) atoms. The number of esters is 2. The zero-order valence-electron chi connectivity index (χ0n) is 9.50. The lowest BCUT2D eigenvalue weighted by molar-refractivity contribution is -0.385. The Kier molecular flexibility index (Phi) is 3.82. The Morgan fingerprint density at radius 3 is 2.11 bits per heavy atom. The number of hydrogen-bond acceptors (Lipinski definition) is 7. The van der Waals surface area contributed by atoms with Crippen molar-refractivity contribution in [2.24, 2.45) is 0 Å². The summed E-state index contributed by atoms with van der Waals surface area (Å²) in [5.41, 5.74) is -1.90. The van der Waals surface area contributed by atoms with E-state index in [4.69, 9.17) is 0 Å². The molecular formula is C10H9NO7. The molecule has 8 nitrogen and oxygen atoms in total. The van der Waals surface area contributed by atoms with Crippen LogP contribution in [0.3, 0.4) is 0 Å². The van der Waals surface area contributed by atoms with Crippen LogP contribution in [0.25, 0.3) is 0 Å². The standard InChI is InChI=1S/C10H9NO7/c1-17-9(13)7-5(11(15)16)3-4-6(12)8(7)10(14)18-2/h3-4,12H,1-2H3. The molecule has 0 unspecified atom stereocenters. The first-order valence-corrected chi connectivity index (χ1v) is 4.61. The third-order valence-corrected chi connectivity index (χ3v) is 2.14. The summed E-state index contributed by atoms with van der Waals surface area (Å²) in [7, 11) is 2.01. The highest BCUT2D eigenvalue weighted by Gasteiger charge is 2.31. The van der Waals surface area contributed by atoms with E-state index in [1.807, 2.05) is 0 Å². The fourth-order valence-electron chi connectivity index (χ4n) is 1.35. The van der Waals surface area contributed by atoms with Gasteiger partial charge < -0.3 is 14.6 Å². The average molecular weight is 255 g/mol. The Hall–Kier alpha value is -2.64. The summed E-state index contributed by atoms with van der Waals surface area (Å²) in [6, 6.07) is 1.82. The van der Waals surface area contributed by atoms with Crippen molar-refractivity contribution in [1.29, 1.82) is 0 Å². The van der Waals surface area contributed by atoms with Crippen LogP contribution in [0.5, 0.6) is 5.75 Å². The first-order chi connectivity index (χ1) is 8.43. The lowest BCUT2D eigenvalue weighted by atomic mass is 10.0. The molecule has 0 aromatic heterocycles. The molecular weight excluding hydrogens is 246 g/mol. The van der Waals surface area contributed by atoms with Crippen LogP contribution in [0, 0.1) is 10.1 Å². The minimum Gasteiger partial charge on any atom is -0.507 e. The topological polar surface area (TPSA) is 116 Å². The van der Waals surface area contributed by atoms with Gasteiger partial charge in [-0.05, 0) is 6.07 Å². The fourth-order valence-corrected chi connectivity index (χ4v) is 1.35. The normalized spacial score (nSPS) is 9.67. The molecule has 0 saturated heterocycles. The van der Waals surface area contributed by atoms with E-state index in [9.17, 15) is 24.8 Å². The molecule has 0 fully saturated rings. The minimum atomic E-state index is -1.11. The van der Waals surface area contributed by atoms with Crippen LogP contribution in [0.1, 0.15) is 20.7 Å². The molecule has 1 rings (SSSR count). The monoisotopic (exact) mass is 255 g/mol. The number of phenols is 1. The van der Waals surface area contributed by atoms with Gasteiger partial charge >= 0.3 is 11.9 Å². The molecule has 0 aliphatic carbocycles. The van der Waals surface area contributed by atoms with Gasteiger partial charge in [0.25, 0.3) is 5.69 Å². The van der Waals surface area contributed by atoms with Crippen LogP contribution >= 0.6 is 0 Å². The molecule has 1 aromatic rings. The Morgan fingerprint density at radius 2 is 1.67 bits per heavy atom.